The van der Waals surface area contributed by atoms with E-state index < -0.39 is 55.9 Å². The average Bonchev–Trinajstić information content (AvgIpc) is 2.80. The van der Waals surface area contributed by atoms with Crippen molar-refractivity contribution in [3.05, 3.63) is 53.8 Å². The maximum atomic E-state index is 13.6. The molecule has 0 saturated heterocycles. The highest BCUT2D eigenvalue weighted by Gasteiger charge is 2.50. The molecular weight excluding hydrogens is 578 g/mol. The Morgan fingerprint density at radius 3 is 2.27 bits per heavy atom. The molecule has 0 fully saturated rings. The molecule has 14 heteroatoms. The van der Waals surface area contributed by atoms with Gasteiger partial charge in [0.15, 0.2) is 9.84 Å². The third-order valence-electron chi connectivity index (χ3n) is 6.09. The molecule has 0 unspecified atom stereocenters. The topological polar surface area (TPSA) is 107 Å². The van der Waals surface area contributed by atoms with Gasteiger partial charge in [0.1, 0.15) is 17.7 Å². The number of esters is 1. The second kappa shape index (κ2) is 11.6. The van der Waals surface area contributed by atoms with Crippen LogP contribution in [0.25, 0.3) is 0 Å². The fraction of sp³-hybridized carbons (Fsp3) is 0.500. The number of alkyl halides is 3. The summed E-state index contributed by atoms with van der Waals surface area (Å²) >= 11 is 0. The minimum Gasteiger partial charge on any atom is -0.486 e. The van der Waals surface area contributed by atoms with E-state index in [-0.39, 0.29) is 52.3 Å². The van der Waals surface area contributed by atoms with Gasteiger partial charge < -0.3 is 9.47 Å². The Morgan fingerprint density at radius 2 is 1.70 bits per heavy atom. The maximum absolute atomic E-state index is 13.6. The first-order valence-corrected chi connectivity index (χ1v) is 15.6. The summed E-state index contributed by atoms with van der Waals surface area (Å²) in [6.45, 7) is 4.66. The van der Waals surface area contributed by atoms with E-state index in [4.69, 9.17) is 4.74 Å². The van der Waals surface area contributed by atoms with Gasteiger partial charge in [-0.05, 0) is 68.1 Å². The van der Waals surface area contributed by atoms with Crippen molar-refractivity contribution in [1.29, 1.82) is 0 Å². The second-order valence-electron chi connectivity index (χ2n) is 10.5. The molecule has 1 aliphatic rings. The Morgan fingerprint density at radius 1 is 1.07 bits per heavy atom. The third-order valence-corrected chi connectivity index (χ3v) is 9.92. The molecule has 0 aliphatic carbocycles. The van der Waals surface area contributed by atoms with Crippen LogP contribution < -0.4 is 9.04 Å². The number of benzene rings is 2. The van der Waals surface area contributed by atoms with Crippen molar-refractivity contribution in [2.75, 3.05) is 22.4 Å². The standard InChI is InChI=1S/C26H31F4NO7S2/c1-17(2)16-39(33,34)12-11-20-15-31(40(35,36)21-8-6-19(27)7-9-21)22-13-18(5-10-23(22)37-20)14-24(32)38-25(3,4)26(28,29)30/h5-10,13,17,20H,11-12,14-16H2,1-4H3/t20-/m0/s1. The normalized spacial score (nSPS) is 16.4. The first-order valence-electron chi connectivity index (χ1n) is 12.4. The van der Waals surface area contributed by atoms with Crippen molar-refractivity contribution in [2.24, 2.45) is 5.92 Å². The van der Waals surface area contributed by atoms with Crippen LogP contribution in [0, 0.1) is 11.7 Å². The largest absolute Gasteiger partial charge is 0.486 e. The average molecular weight is 610 g/mol. The molecule has 3 rings (SSSR count). The number of rotatable bonds is 10. The predicted molar refractivity (Wildman–Crippen MR) is 140 cm³/mol. The van der Waals surface area contributed by atoms with Crippen molar-refractivity contribution in [1.82, 2.24) is 0 Å². The van der Waals surface area contributed by atoms with Gasteiger partial charge in [-0.2, -0.15) is 13.2 Å². The highest BCUT2D eigenvalue weighted by atomic mass is 32.2. The Balaban J connectivity index is 1.94. The van der Waals surface area contributed by atoms with Crippen molar-refractivity contribution < 1.29 is 48.7 Å². The predicted octanol–water partition coefficient (Wildman–Crippen LogP) is 4.67. The van der Waals surface area contributed by atoms with Gasteiger partial charge in [-0.3, -0.25) is 9.10 Å². The van der Waals surface area contributed by atoms with E-state index >= 15 is 0 Å². The zero-order valence-electron chi connectivity index (χ0n) is 22.4. The lowest BCUT2D eigenvalue weighted by molar-refractivity contribution is -0.257. The van der Waals surface area contributed by atoms with E-state index in [0.29, 0.717) is 13.8 Å². The molecule has 0 amide bonds. The number of sulfone groups is 1. The molecule has 222 valence electrons. The van der Waals surface area contributed by atoms with Crippen LogP contribution in [-0.2, 0) is 35.8 Å². The number of fused-ring (bicyclic) bond motifs is 1. The number of anilines is 1. The Labute approximate surface area is 231 Å². The van der Waals surface area contributed by atoms with E-state index in [9.17, 15) is 39.2 Å². The summed E-state index contributed by atoms with van der Waals surface area (Å²) < 4.78 is 116. The number of halogens is 4. The zero-order valence-corrected chi connectivity index (χ0v) is 24.0. The summed E-state index contributed by atoms with van der Waals surface area (Å²) in [5.41, 5.74) is -2.59. The summed E-state index contributed by atoms with van der Waals surface area (Å²) in [5.74, 6) is -2.15. The van der Waals surface area contributed by atoms with Crippen LogP contribution in [0.2, 0.25) is 0 Å². The van der Waals surface area contributed by atoms with Gasteiger partial charge in [-0.15, -0.1) is 0 Å². The fourth-order valence-corrected chi connectivity index (χ4v) is 7.33. The van der Waals surface area contributed by atoms with Crippen molar-refractivity contribution >= 4 is 31.5 Å². The van der Waals surface area contributed by atoms with Gasteiger partial charge in [-0.25, -0.2) is 21.2 Å². The number of hydrogen-bond donors (Lipinski definition) is 0. The summed E-state index contributed by atoms with van der Waals surface area (Å²) in [5, 5.41) is 0. The van der Waals surface area contributed by atoms with Crippen LogP contribution in [0.5, 0.6) is 5.75 Å². The zero-order chi connectivity index (χ0) is 30.1. The monoisotopic (exact) mass is 609 g/mol. The Kier molecular flexibility index (Phi) is 9.14. The highest BCUT2D eigenvalue weighted by Crippen LogP contribution is 2.39. The maximum Gasteiger partial charge on any atom is 0.427 e. The number of sulfonamides is 1. The van der Waals surface area contributed by atoms with Gasteiger partial charge in [0.25, 0.3) is 10.0 Å². The van der Waals surface area contributed by atoms with Crippen molar-refractivity contribution in [3.63, 3.8) is 0 Å². The molecule has 40 heavy (non-hydrogen) atoms. The molecule has 1 heterocycles. The lowest BCUT2D eigenvalue weighted by Crippen LogP contribution is -2.44. The molecule has 2 aromatic carbocycles. The van der Waals surface area contributed by atoms with Gasteiger partial charge in [0.2, 0.25) is 5.60 Å². The number of nitrogens with zero attached hydrogens (tertiary/aromatic N) is 1. The highest BCUT2D eigenvalue weighted by molar-refractivity contribution is 7.93. The number of ether oxygens (including phenoxy) is 2. The summed E-state index contributed by atoms with van der Waals surface area (Å²) in [4.78, 5) is 12.1. The van der Waals surface area contributed by atoms with Gasteiger partial charge in [-0.1, -0.05) is 19.9 Å². The first-order chi connectivity index (χ1) is 18.3. The molecule has 0 spiro atoms. The molecule has 0 aromatic heterocycles. The minimum atomic E-state index is -4.80. The number of carbonyl (C=O) groups is 1. The minimum absolute atomic E-state index is 0.00834. The number of carbonyl (C=O) groups excluding carboxylic acids is 1. The van der Waals surface area contributed by atoms with E-state index in [1.165, 1.54) is 18.2 Å². The van der Waals surface area contributed by atoms with Crippen LogP contribution in [0.3, 0.4) is 0 Å². The molecule has 1 aliphatic heterocycles. The van der Waals surface area contributed by atoms with E-state index in [0.717, 1.165) is 28.6 Å². The summed E-state index contributed by atoms with van der Waals surface area (Å²) in [6, 6.07) is 8.10. The molecule has 0 N–H and O–H groups in total. The smallest absolute Gasteiger partial charge is 0.427 e. The van der Waals surface area contributed by atoms with Crippen molar-refractivity contribution in [3.8, 4) is 5.75 Å². The lowest BCUT2D eigenvalue weighted by Gasteiger charge is -2.36. The molecule has 0 bridgehead atoms. The second-order valence-corrected chi connectivity index (χ2v) is 14.6. The van der Waals surface area contributed by atoms with Crippen LogP contribution in [-0.4, -0.2) is 58.7 Å². The quantitative estimate of drug-likeness (QED) is 0.285. The number of hydrogen-bond acceptors (Lipinski definition) is 7. The van der Waals surface area contributed by atoms with Crippen molar-refractivity contribution in [2.45, 2.75) is 63.3 Å². The van der Waals surface area contributed by atoms with E-state index in [2.05, 4.69) is 4.74 Å². The fourth-order valence-electron chi connectivity index (χ4n) is 4.03. The van der Waals surface area contributed by atoms with Gasteiger partial charge >= 0.3 is 12.1 Å². The molecule has 0 saturated carbocycles. The van der Waals surface area contributed by atoms with Crippen LogP contribution >= 0.6 is 0 Å². The molecule has 0 radical (unpaired) electrons. The molecular formula is C26H31F4NO7S2. The molecule has 2 aromatic rings. The third kappa shape index (κ3) is 7.65. The van der Waals surface area contributed by atoms with Gasteiger partial charge in [0.05, 0.1) is 35.1 Å². The van der Waals surface area contributed by atoms with Gasteiger partial charge in [0, 0.05) is 0 Å². The lowest BCUT2D eigenvalue weighted by atomic mass is 10.1. The summed E-state index contributed by atoms with van der Waals surface area (Å²) in [7, 11) is -7.75. The van der Waals surface area contributed by atoms with Crippen LogP contribution in [0.1, 0.15) is 39.7 Å². The summed E-state index contributed by atoms with van der Waals surface area (Å²) in [6.07, 6.45) is -6.25. The first kappa shape index (κ1) is 31.7. The molecule has 1 atom stereocenters. The van der Waals surface area contributed by atoms with E-state index in [1.807, 2.05) is 0 Å². The Hall–Kier alpha value is -2.87. The van der Waals surface area contributed by atoms with Crippen LogP contribution in [0.4, 0.5) is 23.2 Å². The SMILES string of the molecule is CC(C)CS(=O)(=O)CC[C@H]1CN(S(=O)(=O)c2ccc(F)cc2)c2cc(CC(=O)OC(C)(C)C(F)(F)F)ccc2O1. The van der Waals surface area contributed by atoms with Crippen LogP contribution in [0.15, 0.2) is 47.4 Å². The Bertz CT molecular complexity index is 1440. The van der Waals surface area contributed by atoms with E-state index in [1.54, 1.807) is 13.8 Å². The molecule has 8 nitrogen and oxygen atoms in total.